The Morgan fingerprint density at radius 2 is 2.12 bits per heavy atom. The Morgan fingerprint density at radius 1 is 1.44 bits per heavy atom. The summed E-state index contributed by atoms with van der Waals surface area (Å²) in [7, 11) is 1.75. The smallest absolute Gasteiger partial charge is 0.125 e. The Morgan fingerprint density at radius 3 is 2.69 bits per heavy atom. The van der Waals surface area contributed by atoms with Crippen LogP contribution in [0.1, 0.15) is 5.56 Å². The van der Waals surface area contributed by atoms with E-state index in [0.717, 1.165) is 5.56 Å². The molecule has 0 amide bonds. The third kappa shape index (κ3) is 1.61. The number of hydrogen-bond acceptors (Lipinski definition) is 3. The molecule has 84 valence electrons. The van der Waals surface area contributed by atoms with Gasteiger partial charge in [-0.3, -0.25) is 4.68 Å². The van der Waals surface area contributed by atoms with Gasteiger partial charge in [0.15, 0.2) is 0 Å². The van der Waals surface area contributed by atoms with Gasteiger partial charge < -0.3 is 10.8 Å². The molecule has 0 radical (unpaired) electrons. The van der Waals surface area contributed by atoms with Gasteiger partial charge in [0, 0.05) is 23.7 Å². The topological polar surface area (TPSA) is 64.1 Å². The van der Waals surface area contributed by atoms with Crippen molar-refractivity contribution in [2.75, 3.05) is 5.73 Å². The summed E-state index contributed by atoms with van der Waals surface area (Å²) in [5.74, 6) is 0.689. The van der Waals surface area contributed by atoms with Crippen LogP contribution in [0.25, 0.3) is 11.3 Å². The van der Waals surface area contributed by atoms with E-state index in [2.05, 4.69) is 5.10 Å². The number of nitrogens with two attached hydrogens (primary N) is 1. The van der Waals surface area contributed by atoms with Gasteiger partial charge in [0.25, 0.3) is 0 Å². The van der Waals surface area contributed by atoms with Crippen LogP contribution in [0.4, 0.5) is 5.82 Å². The summed E-state index contributed by atoms with van der Waals surface area (Å²) in [5, 5.41) is 14.6. The first kappa shape index (κ1) is 10.8. The van der Waals surface area contributed by atoms with E-state index in [9.17, 15) is 5.11 Å². The number of aryl methyl sites for hydroxylation is 1. The Balaban J connectivity index is 2.68. The van der Waals surface area contributed by atoms with Crippen LogP contribution < -0.4 is 5.73 Å². The molecule has 0 aliphatic heterocycles. The van der Waals surface area contributed by atoms with Crippen molar-refractivity contribution in [1.82, 2.24) is 9.78 Å². The van der Waals surface area contributed by atoms with Crippen LogP contribution in [-0.4, -0.2) is 14.9 Å². The molecule has 0 atom stereocenters. The normalized spacial score (nSPS) is 10.7. The molecule has 2 rings (SSSR count). The van der Waals surface area contributed by atoms with Crippen LogP contribution >= 0.6 is 11.6 Å². The molecule has 0 fully saturated rings. The predicted octanol–water partition coefficient (Wildman–Crippen LogP) is 2.34. The molecule has 4 nitrogen and oxygen atoms in total. The minimum absolute atomic E-state index is 0.153. The fourth-order valence-electron chi connectivity index (χ4n) is 1.60. The molecular weight excluding hydrogens is 226 g/mol. The highest BCUT2D eigenvalue weighted by Crippen LogP contribution is 2.35. The third-order valence-electron chi connectivity index (χ3n) is 2.55. The number of halogens is 1. The summed E-state index contributed by atoms with van der Waals surface area (Å²) in [6.45, 7) is 1.84. The van der Waals surface area contributed by atoms with Gasteiger partial charge in [0.2, 0.25) is 0 Å². The summed E-state index contributed by atoms with van der Waals surface area (Å²) in [4.78, 5) is 0. The van der Waals surface area contributed by atoms with Crippen molar-refractivity contribution >= 4 is 17.4 Å². The molecular formula is C11H12ClN3O. The zero-order valence-corrected chi connectivity index (χ0v) is 9.78. The molecule has 2 aromatic rings. The predicted molar refractivity (Wildman–Crippen MR) is 64.5 cm³/mol. The second-order valence-corrected chi connectivity index (χ2v) is 4.05. The van der Waals surface area contributed by atoms with Crippen LogP contribution in [0.3, 0.4) is 0 Å². The standard InChI is InChI=1S/C11H12ClN3O/c1-6-7(12)3-4-9(16)11(6)8-5-10(13)15(2)14-8/h3-5,16H,13H2,1-2H3. The van der Waals surface area contributed by atoms with Gasteiger partial charge in [-0.25, -0.2) is 0 Å². The summed E-state index contributed by atoms with van der Waals surface area (Å²) >= 11 is 6.01. The highest BCUT2D eigenvalue weighted by atomic mass is 35.5. The van der Waals surface area contributed by atoms with Crippen LogP contribution in [0.2, 0.25) is 5.02 Å². The van der Waals surface area contributed by atoms with E-state index in [1.54, 1.807) is 29.9 Å². The van der Waals surface area contributed by atoms with Gasteiger partial charge in [0.1, 0.15) is 11.6 Å². The average Bonchev–Trinajstić information content (AvgIpc) is 2.54. The maximum atomic E-state index is 9.82. The molecule has 1 aromatic heterocycles. The number of nitrogens with zero attached hydrogens (tertiary/aromatic N) is 2. The lowest BCUT2D eigenvalue weighted by atomic mass is 10.0. The SMILES string of the molecule is Cc1c(Cl)ccc(O)c1-c1cc(N)n(C)n1. The largest absolute Gasteiger partial charge is 0.507 e. The van der Waals surface area contributed by atoms with Gasteiger partial charge in [-0.1, -0.05) is 11.6 Å². The van der Waals surface area contributed by atoms with Crippen LogP contribution in [-0.2, 0) is 7.05 Å². The van der Waals surface area contributed by atoms with Crippen LogP contribution in [0.15, 0.2) is 18.2 Å². The molecule has 0 bridgehead atoms. The Labute approximate surface area is 98.3 Å². The molecule has 0 saturated heterocycles. The lowest BCUT2D eigenvalue weighted by Crippen LogP contribution is -1.96. The fraction of sp³-hybridized carbons (Fsp3) is 0.182. The molecule has 1 aromatic carbocycles. The average molecular weight is 238 g/mol. The lowest BCUT2D eigenvalue weighted by Gasteiger charge is -2.06. The first-order chi connectivity index (χ1) is 7.50. The number of rotatable bonds is 1. The fourth-order valence-corrected chi connectivity index (χ4v) is 1.76. The van der Waals surface area contributed by atoms with Crippen molar-refractivity contribution < 1.29 is 5.11 Å². The van der Waals surface area contributed by atoms with Crippen LogP contribution in [0, 0.1) is 6.92 Å². The summed E-state index contributed by atoms with van der Waals surface area (Å²) in [5.41, 5.74) is 7.74. The molecule has 3 N–H and O–H groups in total. The molecule has 0 aliphatic carbocycles. The summed E-state index contributed by atoms with van der Waals surface area (Å²) < 4.78 is 1.55. The maximum absolute atomic E-state index is 9.82. The van der Waals surface area contributed by atoms with Gasteiger partial charge >= 0.3 is 0 Å². The maximum Gasteiger partial charge on any atom is 0.125 e. The van der Waals surface area contributed by atoms with Crippen molar-refractivity contribution in [3.63, 3.8) is 0 Å². The Hall–Kier alpha value is -1.68. The number of nitrogen functional groups attached to an aromatic ring is 1. The number of anilines is 1. The zero-order valence-electron chi connectivity index (χ0n) is 9.03. The first-order valence-corrected chi connectivity index (χ1v) is 5.16. The highest BCUT2D eigenvalue weighted by molar-refractivity contribution is 6.31. The Bertz CT molecular complexity index is 529. The zero-order chi connectivity index (χ0) is 11.9. The van der Waals surface area contributed by atoms with Gasteiger partial charge in [-0.15, -0.1) is 0 Å². The summed E-state index contributed by atoms with van der Waals surface area (Å²) in [6.07, 6.45) is 0. The summed E-state index contributed by atoms with van der Waals surface area (Å²) in [6, 6.07) is 4.91. The second-order valence-electron chi connectivity index (χ2n) is 3.64. The number of benzene rings is 1. The van der Waals surface area contributed by atoms with Gasteiger partial charge in [0.05, 0.1) is 5.69 Å². The highest BCUT2D eigenvalue weighted by Gasteiger charge is 2.14. The van der Waals surface area contributed by atoms with Crippen molar-refractivity contribution in [2.45, 2.75) is 6.92 Å². The van der Waals surface area contributed by atoms with E-state index in [1.807, 2.05) is 6.92 Å². The molecule has 0 unspecified atom stereocenters. The molecule has 16 heavy (non-hydrogen) atoms. The monoisotopic (exact) mass is 237 g/mol. The number of hydrogen-bond donors (Lipinski definition) is 2. The van der Waals surface area contributed by atoms with Crippen molar-refractivity contribution in [2.24, 2.45) is 7.05 Å². The van der Waals surface area contributed by atoms with E-state index in [-0.39, 0.29) is 5.75 Å². The molecule has 0 saturated carbocycles. The van der Waals surface area contributed by atoms with E-state index < -0.39 is 0 Å². The third-order valence-corrected chi connectivity index (χ3v) is 2.96. The quantitative estimate of drug-likeness (QED) is 0.800. The van der Waals surface area contributed by atoms with Crippen molar-refractivity contribution in [3.8, 4) is 17.0 Å². The van der Waals surface area contributed by atoms with E-state index in [0.29, 0.717) is 22.1 Å². The minimum atomic E-state index is 0.153. The van der Waals surface area contributed by atoms with E-state index in [4.69, 9.17) is 17.3 Å². The number of phenols is 1. The second kappa shape index (κ2) is 3.72. The number of phenolic OH excluding ortho intramolecular Hbond substituents is 1. The van der Waals surface area contributed by atoms with Gasteiger partial charge in [-0.2, -0.15) is 5.10 Å². The minimum Gasteiger partial charge on any atom is -0.507 e. The van der Waals surface area contributed by atoms with E-state index >= 15 is 0 Å². The first-order valence-electron chi connectivity index (χ1n) is 4.78. The Kier molecular flexibility index (Phi) is 2.52. The van der Waals surface area contributed by atoms with Crippen LogP contribution in [0.5, 0.6) is 5.75 Å². The molecule has 0 aliphatic rings. The van der Waals surface area contributed by atoms with E-state index in [1.165, 1.54) is 0 Å². The van der Waals surface area contributed by atoms with Gasteiger partial charge in [-0.05, 0) is 24.6 Å². The van der Waals surface area contributed by atoms with Crippen molar-refractivity contribution in [3.05, 3.63) is 28.8 Å². The number of aromatic hydroxyl groups is 1. The molecule has 1 heterocycles. The van der Waals surface area contributed by atoms with Crippen molar-refractivity contribution in [1.29, 1.82) is 0 Å². The molecule has 0 spiro atoms. The number of aromatic nitrogens is 2. The lowest BCUT2D eigenvalue weighted by molar-refractivity contribution is 0.476. The molecule has 5 heteroatoms.